The highest BCUT2D eigenvalue weighted by Gasteiger charge is 2.27. The zero-order valence-corrected chi connectivity index (χ0v) is 16.6. The summed E-state index contributed by atoms with van der Waals surface area (Å²) in [7, 11) is 0. The van der Waals surface area contributed by atoms with Gasteiger partial charge in [-0.25, -0.2) is 9.37 Å². The highest BCUT2D eigenvalue weighted by Crippen LogP contribution is 2.35. The van der Waals surface area contributed by atoms with E-state index in [4.69, 9.17) is 10.5 Å². The van der Waals surface area contributed by atoms with E-state index in [0.29, 0.717) is 31.4 Å². The molecule has 0 saturated heterocycles. The second kappa shape index (κ2) is 8.41. The number of benzene rings is 1. The number of hydrogen-bond acceptors (Lipinski definition) is 5. The highest BCUT2D eigenvalue weighted by atomic mass is 32.2. The summed E-state index contributed by atoms with van der Waals surface area (Å²) in [6.07, 6.45) is 4.58. The third kappa shape index (κ3) is 4.53. The number of nitrogens with two attached hydrogens (primary N) is 1. The van der Waals surface area contributed by atoms with Crippen LogP contribution in [0.1, 0.15) is 41.6 Å². The molecule has 0 unspecified atom stereocenters. The van der Waals surface area contributed by atoms with Crippen LogP contribution in [0.2, 0.25) is 0 Å². The van der Waals surface area contributed by atoms with E-state index in [9.17, 15) is 14.0 Å². The third-order valence-electron chi connectivity index (χ3n) is 5.40. The van der Waals surface area contributed by atoms with Crippen molar-refractivity contribution in [3.8, 4) is 11.6 Å². The first kappa shape index (κ1) is 19.7. The molecule has 8 heteroatoms. The number of nitrogens with zero attached hydrogens (tertiary/aromatic N) is 1. The van der Waals surface area contributed by atoms with Gasteiger partial charge in [0.1, 0.15) is 17.1 Å². The second-order valence-corrected chi connectivity index (χ2v) is 8.54. The van der Waals surface area contributed by atoms with Crippen molar-refractivity contribution in [2.24, 2.45) is 11.7 Å². The van der Waals surface area contributed by atoms with Gasteiger partial charge in [0, 0.05) is 22.6 Å². The molecule has 29 heavy (non-hydrogen) atoms. The quantitative estimate of drug-likeness (QED) is 0.780. The molecule has 2 aliphatic rings. The second-order valence-electron chi connectivity index (χ2n) is 7.40. The van der Waals surface area contributed by atoms with Gasteiger partial charge in [-0.15, -0.1) is 11.8 Å². The van der Waals surface area contributed by atoms with Crippen molar-refractivity contribution >= 4 is 23.6 Å². The van der Waals surface area contributed by atoms with E-state index in [1.807, 2.05) is 18.2 Å². The molecule has 0 spiro atoms. The molecule has 1 aromatic carbocycles. The number of amides is 2. The summed E-state index contributed by atoms with van der Waals surface area (Å²) >= 11 is 1.80. The maximum Gasteiger partial charge on any atom is 0.257 e. The molecule has 1 fully saturated rings. The molecule has 0 bridgehead atoms. The number of nitrogens with one attached hydrogen (secondary N) is 1. The number of carbonyl (C=O) groups excluding carboxylic acids is 2. The van der Waals surface area contributed by atoms with Crippen LogP contribution in [0.4, 0.5) is 4.39 Å². The topological polar surface area (TPSA) is 94.3 Å². The number of aryl methyl sites for hydroxylation is 1. The minimum Gasteiger partial charge on any atom is -0.438 e. The summed E-state index contributed by atoms with van der Waals surface area (Å²) in [6.45, 7) is 0. The maximum absolute atomic E-state index is 13.8. The Morgan fingerprint density at radius 3 is 2.76 bits per heavy atom. The van der Waals surface area contributed by atoms with Crippen LogP contribution in [-0.4, -0.2) is 28.6 Å². The number of ether oxygens (including phenoxy) is 1. The largest absolute Gasteiger partial charge is 0.438 e. The van der Waals surface area contributed by atoms with E-state index in [0.717, 1.165) is 24.4 Å². The molecule has 3 N–H and O–H groups in total. The van der Waals surface area contributed by atoms with Crippen molar-refractivity contribution in [1.29, 1.82) is 0 Å². The fourth-order valence-electron chi connectivity index (χ4n) is 3.79. The first-order valence-corrected chi connectivity index (χ1v) is 10.7. The summed E-state index contributed by atoms with van der Waals surface area (Å²) in [5.41, 5.74) is 6.61. The molecule has 2 amide bonds. The van der Waals surface area contributed by atoms with Crippen LogP contribution < -0.4 is 15.8 Å². The Hall–Kier alpha value is -2.61. The van der Waals surface area contributed by atoms with Crippen molar-refractivity contribution in [1.82, 2.24) is 10.3 Å². The summed E-state index contributed by atoms with van der Waals surface area (Å²) < 4.78 is 19.6. The molecular formula is C21H22FN3O3S. The number of hydrogen-bond donors (Lipinski definition) is 2. The third-order valence-corrected chi connectivity index (χ3v) is 6.52. The summed E-state index contributed by atoms with van der Waals surface area (Å²) in [5.74, 6) is 0.195. The van der Waals surface area contributed by atoms with Crippen molar-refractivity contribution in [2.75, 3.05) is 5.75 Å². The maximum atomic E-state index is 13.8. The Balaban J connectivity index is 1.48. The predicted molar refractivity (Wildman–Crippen MR) is 108 cm³/mol. The van der Waals surface area contributed by atoms with Crippen molar-refractivity contribution < 1.29 is 18.7 Å². The smallest absolute Gasteiger partial charge is 0.257 e. The van der Waals surface area contributed by atoms with Gasteiger partial charge in [-0.1, -0.05) is 0 Å². The lowest BCUT2D eigenvalue weighted by Crippen LogP contribution is -2.40. The molecule has 1 aliphatic carbocycles. The minimum absolute atomic E-state index is 0.0527. The molecule has 0 atom stereocenters. The normalized spacial score (nSPS) is 20.7. The first-order chi connectivity index (χ1) is 14.0. The van der Waals surface area contributed by atoms with E-state index in [1.54, 1.807) is 11.8 Å². The fraction of sp³-hybridized carbons (Fsp3) is 0.381. The zero-order chi connectivity index (χ0) is 20.4. The lowest BCUT2D eigenvalue weighted by atomic mass is 9.85. The SMILES string of the molecule is NC(=O)C1CCC(NC(=O)c2cc(F)cnc2Oc2ccc3c(c2)CCS3)CC1. The molecule has 4 rings (SSSR count). The van der Waals surface area contributed by atoms with Crippen molar-refractivity contribution in [3.63, 3.8) is 0 Å². The number of halogens is 1. The van der Waals surface area contributed by atoms with Crippen LogP contribution in [0.25, 0.3) is 0 Å². The van der Waals surface area contributed by atoms with Gasteiger partial charge in [0.15, 0.2) is 0 Å². The molecular weight excluding hydrogens is 393 g/mol. The lowest BCUT2D eigenvalue weighted by molar-refractivity contribution is -0.122. The first-order valence-electron chi connectivity index (χ1n) is 9.69. The van der Waals surface area contributed by atoms with E-state index >= 15 is 0 Å². The fourth-order valence-corrected chi connectivity index (χ4v) is 4.85. The number of carbonyl (C=O) groups is 2. The average molecular weight is 415 g/mol. The predicted octanol–water partition coefficient (Wildman–Crippen LogP) is 3.44. The van der Waals surface area contributed by atoms with Crippen molar-refractivity contribution in [3.05, 3.63) is 47.4 Å². The molecule has 1 aliphatic heterocycles. The standard InChI is InChI=1S/C21H22FN3O3S/c22-14-10-17(20(27)25-15-3-1-12(2-4-15)19(23)26)21(24-11-14)28-16-5-6-18-13(9-16)7-8-29-18/h5-6,9-12,15H,1-4,7-8H2,(H2,23,26)(H,25,27). The van der Waals surface area contributed by atoms with E-state index in [2.05, 4.69) is 10.3 Å². The van der Waals surface area contributed by atoms with Crippen LogP contribution in [0.15, 0.2) is 35.4 Å². The number of primary amides is 1. The zero-order valence-electron chi connectivity index (χ0n) is 15.8. The Kier molecular flexibility index (Phi) is 5.71. The minimum atomic E-state index is -0.606. The van der Waals surface area contributed by atoms with E-state index < -0.39 is 11.7 Å². The van der Waals surface area contributed by atoms with Gasteiger partial charge < -0.3 is 15.8 Å². The summed E-state index contributed by atoms with van der Waals surface area (Å²) in [5, 5.41) is 2.91. The highest BCUT2D eigenvalue weighted by molar-refractivity contribution is 7.99. The average Bonchev–Trinajstić information content (AvgIpc) is 3.17. The molecule has 1 saturated carbocycles. The number of pyridine rings is 1. The van der Waals surface area contributed by atoms with Crippen LogP contribution in [-0.2, 0) is 11.2 Å². The van der Waals surface area contributed by atoms with Crippen LogP contribution in [0, 0.1) is 11.7 Å². The van der Waals surface area contributed by atoms with Gasteiger partial charge >= 0.3 is 0 Å². The van der Waals surface area contributed by atoms with Gasteiger partial charge in [-0.05, 0) is 61.9 Å². The Bertz CT molecular complexity index is 945. The summed E-state index contributed by atoms with van der Waals surface area (Å²) in [6, 6.07) is 6.80. The monoisotopic (exact) mass is 415 g/mol. The van der Waals surface area contributed by atoms with Gasteiger partial charge in [0.2, 0.25) is 11.8 Å². The number of fused-ring (bicyclic) bond motifs is 1. The Morgan fingerprint density at radius 1 is 1.21 bits per heavy atom. The van der Waals surface area contributed by atoms with Gasteiger partial charge in [0.25, 0.3) is 5.91 Å². The number of aromatic nitrogens is 1. The van der Waals surface area contributed by atoms with Crippen LogP contribution in [0.5, 0.6) is 11.6 Å². The van der Waals surface area contributed by atoms with Crippen LogP contribution >= 0.6 is 11.8 Å². The van der Waals surface area contributed by atoms with Gasteiger partial charge in [0.05, 0.1) is 6.20 Å². The number of thioether (sulfide) groups is 1. The molecule has 152 valence electrons. The Labute approximate surface area is 172 Å². The molecule has 2 aromatic rings. The summed E-state index contributed by atoms with van der Waals surface area (Å²) in [4.78, 5) is 29.3. The molecule has 1 aromatic heterocycles. The van der Waals surface area contributed by atoms with Gasteiger partial charge in [-0.3, -0.25) is 9.59 Å². The van der Waals surface area contributed by atoms with Gasteiger partial charge in [-0.2, -0.15) is 0 Å². The molecule has 6 nitrogen and oxygen atoms in total. The number of rotatable bonds is 5. The van der Waals surface area contributed by atoms with E-state index in [-0.39, 0.29) is 29.3 Å². The van der Waals surface area contributed by atoms with Crippen molar-refractivity contribution in [2.45, 2.75) is 43.0 Å². The molecule has 0 radical (unpaired) electrons. The van der Waals surface area contributed by atoms with E-state index in [1.165, 1.54) is 10.5 Å². The molecule has 2 heterocycles. The Morgan fingerprint density at radius 2 is 2.00 bits per heavy atom. The lowest BCUT2D eigenvalue weighted by Gasteiger charge is -2.27. The van der Waals surface area contributed by atoms with Crippen LogP contribution in [0.3, 0.4) is 0 Å².